The molecule has 0 aliphatic carbocycles. The molecule has 0 aliphatic heterocycles. The van der Waals surface area contributed by atoms with E-state index in [-0.39, 0.29) is 4.90 Å². The normalized spacial score (nSPS) is 14.1. The van der Waals surface area contributed by atoms with Gasteiger partial charge in [-0.3, -0.25) is 0 Å². The van der Waals surface area contributed by atoms with Crippen LogP contribution >= 0.6 is 15.9 Å². The molecule has 0 aromatic heterocycles. The van der Waals surface area contributed by atoms with E-state index >= 15 is 0 Å². The molecule has 1 N–H and O–H groups in total. The van der Waals surface area contributed by atoms with E-state index < -0.39 is 15.6 Å². The molecule has 0 bridgehead atoms. The molecule has 0 fully saturated rings. The summed E-state index contributed by atoms with van der Waals surface area (Å²) in [6.07, 6.45) is 1.06. The molecule has 1 aromatic carbocycles. The van der Waals surface area contributed by atoms with E-state index in [0.717, 1.165) is 12.0 Å². The van der Waals surface area contributed by atoms with Gasteiger partial charge in [0.25, 0.3) is 0 Å². The number of halogens is 1. The Kier molecular flexibility index (Phi) is 7.05. The number of ether oxygens (including phenoxy) is 1. The van der Waals surface area contributed by atoms with Crippen LogP contribution in [0, 0.1) is 5.92 Å². The van der Waals surface area contributed by atoms with Crippen LogP contribution in [0.15, 0.2) is 27.6 Å². The Bertz CT molecular complexity index is 594. The molecule has 0 amide bonds. The Morgan fingerprint density at radius 1 is 1.32 bits per heavy atom. The topological polar surface area (TPSA) is 55.4 Å². The van der Waals surface area contributed by atoms with Crippen molar-refractivity contribution in [2.75, 3.05) is 6.61 Å². The third kappa shape index (κ3) is 6.36. The lowest BCUT2D eigenvalue weighted by Crippen LogP contribution is -2.40. The van der Waals surface area contributed by atoms with Crippen LogP contribution in [0.25, 0.3) is 0 Å². The Morgan fingerprint density at radius 2 is 1.95 bits per heavy atom. The largest absolute Gasteiger partial charge is 0.376 e. The van der Waals surface area contributed by atoms with Crippen LogP contribution in [0.4, 0.5) is 0 Å². The molecule has 22 heavy (non-hydrogen) atoms. The summed E-state index contributed by atoms with van der Waals surface area (Å²) < 4.78 is 33.8. The van der Waals surface area contributed by atoms with E-state index in [0.29, 0.717) is 23.6 Å². The fourth-order valence-electron chi connectivity index (χ4n) is 1.80. The molecule has 0 heterocycles. The lowest BCUT2D eigenvalue weighted by atomic mass is 10.1. The SMILES string of the molecule is CCC(C)COCc1ccc(Br)c(S(=O)(=O)NC(C)(C)C)c1. The highest BCUT2D eigenvalue weighted by Gasteiger charge is 2.24. The number of nitrogens with one attached hydrogen (secondary N) is 1. The molecule has 4 nitrogen and oxygen atoms in total. The summed E-state index contributed by atoms with van der Waals surface area (Å²) in [6, 6.07) is 5.28. The maximum atomic E-state index is 12.5. The summed E-state index contributed by atoms with van der Waals surface area (Å²) in [5.74, 6) is 0.501. The van der Waals surface area contributed by atoms with Crippen molar-refractivity contribution in [2.45, 2.75) is 58.1 Å². The first-order valence-corrected chi connectivity index (χ1v) is 9.73. The molecule has 0 aliphatic rings. The summed E-state index contributed by atoms with van der Waals surface area (Å²) in [6.45, 7) is 10.8. The summed E-state index contributed by atoms with van der Waals surface area (Å²) in [4.78, 5) is 0.243. The van der Waals surface area contributed by atoms with Gasteiger partial charge in [-0.05, 0) is 60.3 Å². The molecule has 1 atom stereocenters. The van der Waals surface area contributed by atoms with Crippen molar-refractivity contribution >= 4 is 26.0 Å². The fourth-order valence-corrected chi connectivity index (χ4v) is 4.23. The highest BCUT2D eigenvalue weighted by atomic mass is 79.9. The van der Waals surface area contributed by atoms with Gasteiger partial charge in [-0.25, -0.2) is 13.1 Å². The first-order chi connectivity index (χ1) is 10.0. The van der Waals surface area contributed by atoms with Crippen molar-refractivity contribution in [2.24, 2.45) is 5.92 Å². The lowest BCUT2D eigenvalue weighted by Gasteiger charge is -2.21. The summed E-state index contributed by atoms with van der Waals surface area (Å²) in [7, 11) is -3.57. The van der Waals surface area contributed by atoms with E-state index in [4.69, 9.17) is 4.74 Å². The van der Waals surface area contributed by atoms with Gasteiger partial charge in [0.1, 0.15) is 0 Å². The standard InChI is InChI=1S/C16H26BrNO3S/c1-6-12(2)10-21-11-13-7-8-14(17)15(9-13)22(19,20)18-16(3,4)5/h7-9,12,18H,6,10-11H2,1-5H3. The quantitative estimate of drug-likeness (QED) is 0.761. The summed E-state index contributed by atoms with van der Waals surface area (Å²) in [5.41, 5.74) is 0.321. The van der Waals surface area contributed by atoms with Crippen molar-refractivity contribution < 1.29 is 13.2 Å². The molecule has 0 spiro atoms. The molecule has 0 saturated carbocycles. The first-order valence-electron chi connectivity index (χ1n) is 7.45. The number of hydrogen-bond acceptors (Lipinski definition) is 3. The Hall–Kier alpha value is -0.430. The predicted octanol–water partition coefficient (Wildman–Crippen LogP) is 4.09. The average Bonchev–Trinajstić information content (AvgIpc) is 2.37. The smallest absolute Gasteiger partial charge is 0.242 e. The Labute approximate surface area is 142 Å². The second-order valence-corrected chi connectivity index (χ2v) is 9.15. The maximum absolute atomic E-state index is 12.5. The minimum Gasteiger partial charge on any atom is -0.376 e. The van der Waals surface area contributed by atoms with Crippen molar-refractivity contribution in [3.8, 4) is 0 Å². The molecule has 1 unspecified atom stereocenters. The van der Waals surface area contributed by atoms with E-state index in [1.165, 1.54) is 0 Å². The lowest BCUT2D eigenvalue weighted by molar-refractivity contribution is 0.0909. The van der Waals surface area contributed by atoms with Crippen LogP contribution in [-0.2, 0) is 21.4 Å². The Morgan fingerprint density at radius 3 is 2.50 bits per heavy atom. The zero-order valence-corrected chi connectivity index (χ0v) is 16.3. The number of benzene rings is 1. The second kappa shape index (κ2) is 7.90. The highest BCUT2D eigenvalue weighted by molar-refractivity contribution is 9.10. The predicted molar refractivity (Wildman–Crippen MR) is 93.3 cm³/mol. The van der Waals surface area contributed by atoms with Crippen LogP contribution in [0.2, 0.25) is 0 Å². The average molecular weight is 392 g/mol. The van der Waals surface area contributed by atoms with Crippen molar-refractivity contribution in [1.82, 2.24) is 4.72 Å². The van der Waals surface area contributed by atoms with Gasteiger partial charge in [0.05, 0.1) is 11.5 Å². The Balaban J connectivity index is 2.91. The van der Waals surface area contributed by atoms with E-state index in [9.17, 15) is 8.42 Å². The minimum atomic E-state index is -3.57. The van der Waals surface area contributed by atoms with Gasteiger partial charge < -0.3 is 4.74 Å². The van der Waals surface area contributed by atoms with E-state index in [1.807, 2.05) is 26.8 Å². The number of rotatable bonds is 7. The molecular formula is C16H26BrNO3S. The van der Waals surface area contributed by atoms with E-state index in [2.05, 4.69) is 34.5 Å². The van der Waals surface area contributed by atoms with Gasteiger partial charge in [0.2, 0.25) is 10.0 Å². The maximum Gasteiger partial charge on any atom is 0.242 e. The third-order valence-electron chi connectivity index (χ3n) is 3.09. The molecule has 1 rings (SSSR count). The highest BCUT2D eigenvalue weighted by Crippen LogP contribution is 2.25. The van der Waals surface area contributed by atoms with Gasteiger partial charge in [0.15, 0.2) is 0 Å². The first kappa shape index (κ1) is 19.6. The number of sulfonamides is 1. The fraction of sp³-hybridized carbons (Fsp3) is 0.625. The molecule has 0 radical (unpaired) electrons. The third-order valence-corrected chi connectivity index (χ3v) is 5.85. The zero-order chi connectivity index (χ0) is 17.0. The number of hydrogen-bond donors (Lipinski definition) is 1. The van der Waals surface area contributed by atoms with Crippen molar-refractivity contribution in [3.05, 3.63) is 28.2 Å². The van der Waals surface area contributed by atoms with E-state index in [1.54, 1.807) is 12.1 Å². The van der Waals surface area contributed by atoms with Gasteiger partial charge in [-0.1, -0.05) is 26.3 Å². The zero-order valence-electron chi connectivity index (χ0n) is 13.9. The molecule has 6 heteroatoms. The van der Waals surface area contributed by atoms with Crippen LogP contribution in [-0.4, -0.2) is 20.6 Å². The summed E-state index contributed by atoms with van der Waals surface area (Å²) in [5, 5.41) is 0. The van der Waals surface area contributed by atoms with Gasteiger partial charge in [0, 0.05) is 16.6 Å². The van der Waals surface area contributed by atoms with Crippen molar-refractivity contribution in [3.63, 3.8) is 0 Å². The van der Waals surface area contributed by atoms with Gasteiger partial charge in [-0.15, -0.1) is 0 Å². The van der Waals surface area contributed by atoms with Gasteiger partial charge >= 0.3 is 0 Å². The van der Waals surface area contributed by atoms with Crippen LogP contribution in [0.1, 0.15) is 46.6 Å². The molecular weight excluding hydrogens is 366 g/mol. The minimum absolute atomic E-state index is 0.243. The van der Waals surface area contributed by atoms with Crippen LogP contribution in [0.3, 0.4) is 0 Å². The second-order valence-electron chi connectivity index (χ2n) is 6.65. The van der Waals surface area contributed by atoms with Crippen molar-refractivity contribution in [1.29, 1.82) is 0 Å². The molecule has 1 aromatic rings. The summed E-state index contributed by atoms with van der Waals surface area (Å²) >= 11 is 3.32. The molecule has 0 saturated heterocycles. The van der Waals surface area contributed by atoms with Gasteiger partial charge in [-0.2, -0.15) is 0 Å². The van der Waals surface area contributed by atoms with Crippen LogP contribution < -0.4 is 4.72 Å². The monoisotopic (exact) mass is 391 g/mol. The molecule has 126 valence electrons. The van der Waals surface area contributed by atoms with Crippen LogP contribution in [0.5, 0.6) is 0 Å².